The Morgan fingerprint density at radius 1 is 1.26 bits per heavy atom. The van der Waals surface area contributed by atoms with Crippen molar-refractivity contribution in [1.82, 2.24) is 30.3 Å². The molecule has 0 aliphatic heterocycles. The summed E-state index contributed by atoms with van der Waals surface area (Å²) in [5, 5.41) is 14.8. The van der Waals surface area contributed by atoms with Gasteiger partial charge in [-0.15, -0.1) is 0 Å². The number of H-pyrrole nitrogens is 1. The van der Waals surface area contributed by atoms with Gasteiger partial charge < -0.3 is 10.1 Å². The molecule has 0 fully saturated rings. The van der Waals surface area contributed by atoms with Crippen LogP contribution in [0.15, 0.2) is 36.5 Å². The van der Waals surface area contributed by atoms with Crippen molar-refractivity contribution in [3.63, 3.8) is 0 Å². The molecule has 2 heterocycles. The van der Waals surface area contributed by atoms with E-state index in [9.17, 15) is 18.0 Å². The Morgan fingerprint density at radius 3 is 2.74 bits per heavy atom. The Labute approximate surface area is 203 Å². The van der Waals surface area contributed by atoms with Crippen LogP contribution in [-0.4, -0.2) is 43.5 Å². The number of nitrogens with zero attached hydrogens (tertiary/aromatic N) is 4. The Hall–Kier alpha value is -3.60. The largest absolute Gasteiger partial charge is 0.484 e. The Kier molecular flexibility index (Phi) is 6.70. The minimum absolute atomic E-state index is 0.0839. The summed E-state index contributed by atoms with van der Waals surface area (Å²) in [6.45, 7) is 3.14. The second kappa shape index (κ2) is 9.57. The molecule has 12 heteroatoms. The number of aromatic nitrogens is 5. The van der Waals surface area contributed by atoms with Gasteiger partial charge in [-0.3, -0.25) is 14.6 Å². The van der Waals surface area contributed by atoms with Crippen LogP contribution in [0.5, 0.6) is 5.75 Å². The molecule has 0 bridgehead atoms. The zero-order valence-electron chi connectivity index (χ0n) is 19.1. The topological polar surface area (TPSA) is 97.7 Å². The predicted molar refractivity (Wildman–Crippen MR) is 124 cm³/mol. The Bertz CT molecular complexity index is 1380. The summed E-state index contributed by atoms with van der Waals surface area (Å²) in [5.41, 5.74) is 0.349. The fourth-order valence-corrected chi connectivity index (χ4v) is 3.86. The molecule has 1 amide bonds. The van der Waals surface area contributed by atoms with Gasteiger partial charge in [-0.2, -0.15) is 23.4 Å². The first-order valence-electron chi connectivity index (χ1n) is 10.7. The van der Waals surface area contributed by atoms with E-state index >= 15 is 0 Å². The Balaban J connectivity index is 1.62. The van der Waals surface area contributed by atoms with Gasteiger partial charge in [0, 0.05) is 30.5 Å². The van der Waals surface area contributed by atoms with Crippen LogP contribution < -0.4 is 10.1 Å². The number of halogens is 4. The van der Waals surface area contributed by atoms with Gasteiger partial charge in [-0.05, 0) is 43.7 Å². The van der Waals surface area contributed by atoms with E-state index in [-0.39, 0.29) is 29.6 Å². The average molecular weight is 507 g/mol. The van der Waals surface area contributed by atoms with Crippen LogP contribution in [0.2, 0.25) is 5.02 Å². The van der Waals surface area contributed by atoms with E-state index in [2.05, 4.69) is 25.6 Å². The quantitative estimate of drug-likeness (QED) is 0.384. The number of fused-ring (bicyclic) bond motifs is 1. The molecule has 0 aliphatic carbocycles. The number of aromatic amines is 1. The number of aryl methyl sites for hydroxylation is 1. The van der Waals surface area contributed by atoms with Gasteiger partial charge in [-0.1, -0.05) is 17.7 Å². The summed E-state index contributed by atoms with van der Waals surface area (Å²) in [7, 11) is 1.61. The van der Waals surface area contributed by atoms with Crippen molar-refractivity contribution in [3.05, 3.63) is 58.5 Å². The van der Waals surface area contributed by atoms with Gasteiger partial charge in [0.05, 0.1) is 22.3 Å². The fourth-order valence-electron chi connectivity index (χ4n) is 3.58. The number of carbonyl (C=O) groups excluding carboxylic acids is 1. The van der Waals surface area contributed by atoms with E-state index in [0.29, 0.717) is 10.8 Å². The molecule has 0 unspecified atom stereocenters. The maximum atomic E-state index is 13.9. The highest BCUT2D eigenvalue weighted by Gasteiger charge is 2.35. The molecule has 0 radical (unpaired) electrons. The second-order valence-electron chi connectivity index (χ2n) is 8.24. The third-order valence-corrected chi connectivity index (χ3v) is 5.64. The van der Waals surface area contributed by atoms with Crippen LogP contribution in [0.4, 0.5) is 13.2 Å². The smallest absolute Gasteiger partial charge is 0.417 e. The van der Waals surface area contributed by atoms with E-state index in [4.69, 9.17) is 16.3 Å². The summed E-state index contributed by atoms with van der Waals surface area (Å²) in [6.07, 6.45) is -2.82. The Morgan fingerprint density at radius 2 is 2.03 bits per heavy atom. The van der Waals surface area contributed by atoms with E-state index in [1.54, 1.807) is 33.2 Å². The maximum absolute atomic E-state index is 13.9. The molecule has 0 spiro atoms. The molecule has 4 aromatic rings. The molecule has 2 N–H and O–H groups in total. The summed E-state index contributed by atoms with van der Waals surface area (Å²) < 4.78 is 48.3. The lowest BCUT2D eigenvalue weighted by Crippen LogP contribution is -2.34. The molecule has 0 saturated heterocycles. The second-order valence-corrected chi connectivity index (χ2v) is 8.62. The summed E-state index contributed by atoms with van der Waals surface area (Å²) in [5.74, 6) is -0.166. The van der Waals surface area contributed by atoms with Crippen molar-refractivity contribution in [2.75, 3.05) is 6.61 Å². The first-order chi connectivity index (χ1) is 16.5. The molecule has 2 aromatic heterocycles. The van der Waals surface area contributed by atoms with Crippen molar-refractivity contribution in [2.45, 2.75) is 32.5 Å². The van der Waals surface area contributed by atoms with Gasteiger partial charge in [0.1, 0.15) is 11.6 Å². The van der Waals surface area contributed by atoms with Gasteiger partial charge >= 0.3 is 6.18 Å². The zero-order chi connectivity index (χ0) is 25.3. The third kappa shape index (κ3) is 5.40. The van der Waals surface area contributed by atoms with Gasteiger partial charge in [0.2, 0.25) is 0 Å². The zero-order valence-corrected chi connectivity index (χ0v) is 19.8. The van der Waals surface area contributed by atoms with E-state index < -0.39 is 24.3 Å². The van der Waals surface area contributed by atoms with E-state index in [1.807, 2.05) is 6.07 Å². The van der Waals surface area contributed by atoms with Gasteiger partial charge in [0.15, 0.2) is 12.4 Å². The molecule has 0 atom stereocenters. The number of hydrogen-bond acceptors (Lipinski definition) is 5. The maximum Gasteiger partial charge on any atom is 0.417 e. The molecule has 184 valence electrons. The summed E-state index contributed by atoms with van der Waals surface area (Å²) in [6, 6.07) is 6.95. The van der Waals surface area contributed by atoms with Crippen LogP contribution in [-0.2, 0) is 24.4 Å². The van der Waals surface area contributed by atoms with Crippen LogP contribution in [0.3, 0.4) is 0 Å². The number of ether oxygens (including phenoxy) is 1. The average Bonchev–Trinajstić information content (AvgIpc) is 3.40. The standard InChI is InChI=1S/C23H22ClF3N6O2/c1-12(2)29-20(34)11-35-14-5-6-15(17(9-14)23(25,26)27)22-30-19(33(3)32-22)8-13-4-7-18-16(21(13)24)10-28-31-18/h4-7,9-10,12H,8,11H2,1-3H3,(H,28,31)(H,29,34). The SMILES string of the molecule is CC(C)NC(=O)COc1ccc(-c2nc(Cc3ccc4[nH]ncc4c3Cl)n(C)n2)c(C(F)(F)F)c1. The van der Waals surface area contributed by atoms with Crippen LogP contribution in [0, 0.1) is 0 Å². The molecule has 35 heavy (non-hydrogen) atoms. The molecular weight excluding hydrogens is 485 g/mol. The highest BCUT2D eigenvalue weighted by atomic mass is 35.5. The third-order valence-electron chi connectivity index (χ3n) is 5.20. The predicted octanol–water partition coefficient (Wildman–Crippen LogP) is 4.52. The first-order valence-corrected chi connectivity index (χ1v) is 11.0. The lowest BCUT2D eigenvalue weighted by Gasteiger charge is -2.14. The number of amides is 1. The van der Waals surface area contributed by atoms with E-state index in [0.717, 1.165) is 22.5 Å². The summed E-state index contributed by atoms with van der Waals surface area (Å²) in [4.78, 5) is 16.1. The molecular formula is C23H22ClF3N6O2. The van der Waals surface area contributed by atoms with Gasteiger partial charge in [-0.25, -0.2) is 4.98 Å². The number of benzene rings is 2. The molecule has 0 saturated carbocycles. The van der Waals surface area contributed by atoms with Crippen LogP contribution in [0.1, 0.15) is 30.8 Å². The minimum Gasteiger partial charge on any atom is -0.484 e. The van der Waals surface area contributed by atoms with E-state index in [1.165, 1.54) is 16.8 Å². The number of rotatable bonds is 7. The van der Waals surface area contributed by atoms with Gasteiger partial charge in [0.25, 0.3) is 5.91 Å². The van der Waals surface area contributed by atoms with Crippen LogP contribution in [0.25, 0.3) is 22.3 Å². The van der Waals surface area contributed by atoms with Crippen molar-refractivity contribution in [3.8, 4) is 17.1 Å². The summed E-state index contributed by atoms with van der Waals surface area (Å²) >= 11 is 6.48. The normalized spacial score (nSPS) is 11.9. The number of hydrogen-bond donors (Lipinski definition) is 2. The highest BCUT2D eigenvalue weighted by Crippen LogP contribution is 2.38. The first kappa shape index (κ1) is 24.5. The lowest BCUT2D eigenvalue weighted by molar-refractivity contribution is -0.137. The van der Waals surface area contributed by atoms with Crippen molar-refractivity contribution >= 4 is 28.4 Å². The van der Waals surface area contributed by atoms with Crippen molar-refractivity contribution in [1.29, 1.82) is 0 Å². The minimum atomic E-state index is -4.69. The molecule has 8 nitrogen and oxygen atoms in total. The number of nitrogens with one attached hydrogen (secondary N) is 2. The van der Waals surface area contributed by atoms with Crippen molar-refractivity contribution in [2.24, 2.45) is 7.05 Å². The van der Waals surface area contributed by atoms with Crippen molar-refractivity contribution < 1.29 is 22.7 Å². The molecule has 4 rings (SSSR count). The number of alkyl halides is 3. The molecule has 0 aliphatic rings. The molecule has 2 aromatic carbocycles. The fraction of sp³-hybridized carbons (Fsp3) is 0.304. The monoisotopic (exact) mass is 506 g/mol. The number of carbonyl (C=O) groups is 1. The highest BCUT2D eigenvalue weighted by molar-refractivity contribution is 6.36. The van der Waals surface area contributed by atoms with Crippen LogP contribution >= 0.6 is 11.6 Å². The lowest BCUT2D eigenvalue weighted by atomic mass is 10.1.